The van der Waals surface area contributed by atoms with E-state index in [2.05, 4.69) is 22.3 Å². The fourth-order valence-corrected chi connectivity index (χ4v) is 2.28. The normalized spacial score (nSPS) is 21.6. The third-order valence-corrected chi connectivity index (χ3v) is 3.37. The number of aromatic nitrogens is 1. The maximum atomic E-state index is 11.8. The minimum atomic E-state index is -0.0271. The third kappa shape index (κ3) is 3.84. The van der Waals surface area contributed by atoms with Gasteiger partial charge in [0.1, 0.15) is 0 Å². The standard InChI is InChI=1S/C13H21N3O2/c1-10-4-3-6-16(7-5-10)9-12(17)14-13-8-11(2)15-18-13/h8,10H,3-7,9H2,1-2H3,(H,14,17). The van der Waals surface area contributed by atoms with Gasteiger partial charge < -0.3 is 4.52 Å². The van der Waals surface area contributed by atoms with Crippen LogP contribution in [0.2, 0.25) is 0 Å². The van der Waals surface area contributed by atoms with Crippen molar-refractivity contribution in [3.8, 4) is 0 Å². The summed E-state index contributed by atoms with van der Waals surface area (Å²) in [5.74, 6) is 1.18. The fraction of sp³-hybridized carbons (Fsp3) is 0.692. The molecule has 0 aromatic carbocycles. The van der Waals surface area contributed by atoms with Crippen molar-refractivity contribution in [2.24, 2.45) is 5.92 Å². The highest BCUT2D eigenvalue weighted by Gasteiger charge is 2.16. The number of hydrogen-bond donors (Lipinski definition) is 1. The van der Waals surface area contributed by atoms with Crippen LogP contribution in [0.4, 0.5) is 5.88 Å². The minimum Gasteiger partial charge on any atom is -0.338 e. The predicted molar refractivity (Wildman–Crippen MR) is 69.3 cm³/mol. The largest absolute Gasteiger partial charge is 0.338 e. The number of likely N-dealkylation sites (tertiary alicyclic amines) is 1. The molecule has 5 heteroatoms. The average molecular weight is 251 g/mol. The number of rotatable bonds is 3. The van der Waals surface area contributed by atoms with E-state index in [1.165, 1.54) is 19.3 Å². The second kappa shape index (κ2) is 6.00. The quantitative estimate of drug-likeness (QED) is 0.893. The molecule has 1 atom stereocenters. The van der Waals surface area contributed by atoms with Gasteiger partial charge >= 0.3 is 0 Å². The summed E-state index contributed by atoms with van der Waals surface area (Å²) in [5, 5.41) is 6.47. The molecule has 1 aromatic heterocycles. The van der Waals surface area contributed by atoms with E-state index in [4.69, 9.17) is 4.52 Å². The Morgan fingerprint density at radius 3 is 3.11 bits per heavy atom. The lowest BCUT2D eigenvalue weighted by molar-refractivity contribution is -0.117. The molecular weight excluding hydrogens is 230 g/mol. The predicted octanol–water partition coefficient (Wildman–Crippen LogP) is 2.04. The molecule has 1 amide bonds. The highest BCUT2D eigenvalue weighted by Crippen LogP contribution is 2.16. The van der Waals surface area contributed by atoms with Gasteiger partial charge in [0, 0.05) is 6.07 Å². The lowest BCUT2D eigenvalue weighted by Crippen LogP contribution is -2.34. The van der Waals surface area contributed by atoms with Gasteiger partial charge in [0.25, 0.3) is 0 Å². The topological polar surface area (TPSA) is 58.4 Å². The van der Waals surface area contributed by atoms with Crippen LogP contribution in [0, 0.1) is 12.8 Å². The molecule has 2 rings (SSSR count). The van der Waals surface area contributed by atoms with Crippen LogP contribution in [0.3, 0.4) is 0 Å². The van der Waals surface area contributed by atoms with Gasteiger partial charge in [0.05, 0.1) is 12.2 Å². The average Bonchev–Trinajstić information content (AvgIpc) is 2.59. The van der Waals surface area contributed by atoms with E-state index in [1.807, 2.05) is 6.92 Å². The molecule has 18 heavy (non-hydrogen) atoms. The van der Waals surface area contributed by atoms with Crippen LogP contribution < -0.4 is 5.32 Å². The van der Waals surface area contributed by atoms with Gasteiger partial charge in [-0.2, -0.15) is 0 Å². The van der Waals surface area contributed by atoms with E-state index in [0.717, 1.165) is 24.7 Å². The van der Waals surface area contributed by atoms with Gasteiger partial charge in [0.15, 0.2) is 0 Å². The Balaban J connectivity index is 1.80. The van der Waals surface area contributed by atoms with Crippen LogP contribution in [-0.4, -0.2) is 35.6 Å². The second-order valence-electron chi connectivity index (χ2n) is 5.19. The molecule has 0 radical (unpaired) electrons. The molecule has 0 bridgehead atoms. The smallest absolute Gasteiger partial charge is 0.240 e. The molecule has 5 nitrogen and oxygen atoms in total. The zero-order valence-corrected chi connectivity index (χ0v) is 11.1. The summed E-state index contributed by atoms with van der Waals surface area (Å²) in [4.78, 5) is 14.1. The Hall–Kier alpha value is -1.36. The van der Waals surface area contributed by atoms with Gasteiger partial charge in [-0.15, -0.1) is 0 Å². The Morgan fingerprint density at radius 1 is 1.56 bits per heavy atom. The van der Waals surface area contributed by atoms with Crippen LogP contribution in [0.15, 0.2) is 10.6 Å². The molecule has 1 aromatic rings. The molecule has 1 saturated heterocycles. The summed E-state index contributed by atoms with van der Waals surface area (Å²) < 4.78 is 4.97. The van der Waals surface area contributed by atoms with E-state index >= 15 is 0 Å². The molecule has 1 fully saturated rings. The van der Waals surface area contributed by atoms with Gasteiger partial charge in [-0.05, 0) is 45.2 Å². The third-order valence-electron chi connectivity index (χ3n) is 3.37. The minimum absolute atomic E-state index is 0.0271. The van der Waals surface area contributed by atoms with Crippen molar-refractivity contribution in [1.29, 1.82) is 0 Å². The Morgan fingerprint density at radius 2 is 2.39 bits per heavy atom. The number of anilines is 1. The molecule has 0 saturated carbocycles. The van der Waals surface area contributed by atoms with E-state index in [9.17, 15) is 4.79 Å². The molecule has 0 aliphatic carbocycles. The van der Waals surface area contributed by atoms with Gasteiger partial charge in [-0.25, -0.2) is 0 Å². The van der Waals surface area contributed by atoms with Crippen molar-refractivity contribution in [3.63, 3.8) is 0 Å². The van der Waals surface area contributed by atoms with Crippen molar-refractivity contribution in [1.82, 2.24) is 10.1 Å². The highest BCUT2D eigenvalue weighted by molar-refractivity contribution is 5.90. The molecular formula is C13H21N3O2. The highest BCUT2D eigenvalue weighted by atomic mass is 16.5. The Labute approximate surface area is 108 Å². The molecule has 1 N–H and O–H groups in total. The van der Waals surface area contributed by atoms with Crippen molar-refractivity contribution in [2.75, 3.05) is 25.0 Å². The Kier molecular flexibility index (Phi) is 4.36. The second-order valence-corrected chi connectivity index (χ2v) is 5.19. The monoisotopic (exact) mass is 251 g/mol. The Bertz CT molecular complexity index is 403. The summed E-state index contributed by atoms with van der Waals surface area (Å²) in [6.07, 6.45) is 3.62. The first-order valence-electron chi connectivity index (χ1n) is 6.59. The first kappa shape index (κ1) is 13.1. The van der Waals surface area contributed by atoms with Crippen LogP contribution in [0.5, 0.6) is 0 Å². The number of carbonyl (C=O) groups is 1. The van der Waals surface area contributed by atoms with Crippen LogP contribution in [0.25, 0.3) is 0 Å². The summed E-state index contributed by atoms with van der Waals surface area (Å²) in [7, 11) is 0. The number of nitrogens with one attached hydrogen (secondary N) is 1. The summed E-state index contributed by atoms with van der Waals surface area (Å²) >= 11 is 0. The molecule has 1 unspecified atom stereocenters. The summed E-state index contributed by atoms with van der Waals surface area (Å²) in [6, 6.07) is 1.72. The number of carbonyl (C=O) groups excluding carboxylic acids is 1. The van der Waals surface area contributed by atoms with Gasteiger partial charge in [-0.3, -0.25) is 15.0 Å². The zero-order chi connectivity index (χ0) is 13.0. The molecule has 1 aliphatic rings. The summed E-state index contributed by atoms with van der Waals surface area (Å²) in [6.45, 7) is 6.56. The number of aryl methyl sites for hydroxylation is 1. The van der Waals surface area contributed by atoms with Crippen molar-refractivity contribution >= 4 is 11.8 Å². The van der Waals surface area contributed by atoms with E-state index in [0.29, 0.717) is 12.4 Å². The number of amides is 1. The van der Waals surface area contributed by atoms with Crippen molar-refractivity contribution in [2.45, 2.75) is 33.1 Å². The van der Waals surface area contributed by atoms with Crippen LogP contribution in [0.1, 0.15) is 31.9 Å². The molecule has 1 aliphatic heterocycles. The first-order valence-corrected chi connectivity index (χ1v) is 6.59. The van der Waals surface area contributed by atoms with Crippen LogP contribution >= 0.6 is 0 Å². The van der Waals surface area contributed by atoms with E-state index < -0.39 is 0 Å². The maximum absolute atomic E-state index is 11.8. The molecule has 100 valence electrons. The lowest BCUT2D eigenvalue weighted by Gasteiger charge is -2.18. The number of hydrogen-bond acceptors (Lipinski definition) is 4. The fourth-order valence-electron chi connectivity index (χ4n) is 2.28. The van der Waals surface area contributed by atoms with E-state index in [-0.39, 0.29) is 5.91 Å². The number of nitrogens with zero attached hydrogens (tertiary/aromatic N) is 2. The van der Waals surface area contributed by atoms with Gasteiger partial charge in [-0.1, -0.05) is 12.1 Å². The van der Waals surface area contributed by atoms with E-state index in [1.54, 1.807) is 6.07 Å². The molecule has 2 heterocycles. The van der Waals surface area contributed by atoms with Crippen molar-refractivity contribution < 1.29 is 9.32 Å². The van der Waals surface area contributed by atoms with Crippen molar-refractivity contribution in [3.05, 3.63) is 11.8 Å². The lowest BCUT2D eigenvalue weighted by atomic mass is 10.0. The maximum Gasteiger partial charge on any atom is 0.240 e. The zero-order valence-electron chi connectivity index (χ0n) is 11.1. The first-order chi connectivity index (χ1) is 8.63. The van der Waals surface area contributed by atoms with Gasteiger partial charge in [0.2, 0.25) is 11.8 Å². The molecule has 0 spiro atoms. The summed E-state index contributed by atoms with van der Waals surface area (Å²) in [5.41, 5.74) is 0.772. The SMILES string of the molecule is Cc1cc(NC(=O)CN2CCCC(C)CC2)on1. The van der Waals surface area contributed by atoms with Crippen LogP contribution in [-0.2, 0) is 4.79 Å².